The van der Waals surface area contributed by atoms with Gasteiger partial charge < -0.3 is 36.1 Å². The SMILES string of the molecule is CCC(C)[C@H](NC(=O)Cc1ccccc1F)C(=O)N[C@]1(C(=O)NC(C(=O)NCc2ccc(OC)c(O)c2)[C@@H](C)CC)CCc2[nH]c3c(C(F)(F)F)cccc3c2C1. The van der Waals surface area contributed by atoms with Crippen molar-refractivity contribution in [3.8, 4) is 11.5 Å². The van der Waals surface area contributed by atoms with Gasteiger partial charge in [-0.15, -0.1) is 0 Å². The van der Waals surface area contributed by atoms with Gasteiger partial charge in [0.25, 0.3) is 0 Å². The molecule has 1 heterocycles. The predicted molar refractivity (Wildman–Crippen MR) is 206 cm³/mol. The maximum absolute atomic E-state index is 14.8. The second-order valence-corrected chi connectivity index (χ2v) is 14.8. The summed E-state index contributed by atoms with van der Waals surface area (Å²) in [6.45, 7) is 7.18. The fourth-order valence-electron chi connectivity index (χ4n) is 7.25. The minimum Gasteiger partial charge on any atom is -0.504 e. The van der Waals surface area contributed by atoms with Crippen molar-refractivity contribution in [2.45, 2.75) is 96.6 Å². The van der Waals surface area contributed by atoms with E-state index in [9.17, 15) is 41.8 Å². The first-order valence-electron chi connectivity index (χ1n) is 19.0. The Morgan fingerprint density at radius 1 is 0.930 bits per heavy atom. The lowest BCUT2D eigenvalue weighted by molar-refractivity contribution is -0.139. The Kier molecular flexibility index (Phi) is 13.2. The minimum absolute atomic E-state index is 0.00444. The van der Waals surface area contributed by atoms with E-state index in [4.69, 9.17) is 4.74 Å². The maximum atomic E-state index is 14.8. The second-order valence-electron chi connectivity index (χ2n) is 14.8. The summed E-state index contributed by atoms with van der Waals surface area (Å²) in [5, 5.41) is 21.7. The van der Waals surface area contributed by atoms with Crippen LogP contribution in [0.1, 0.15) is 74.9 Å². The number of methoxy groups -OCH3 is 1. The number of rotatable bonds is 15. The molecule has 3 aromatic carbocycles. The van der Waals surface area contributed by atoms with E-state index in [0.29, 0.717) is 29.7 Å². The Morgan fingerprint density at radius 3 is 2.25 bits per heavy atom. The van der Waals surface area contributed by atoms with Crippen LogP contribution < -0.4 is 26.0 Å². The van der Waals surface area contributed by atoms with Crippen LogP contribution in [0.5, 0.6) is 11.5 Å². The van der Waals surface area contributed by atoms with Crippen molar-refractivity contribution in [2.75, 3.05) is 7.11 Å². The molecule has 4 amide bonds. The van der Waals surface area contributed by atoms with Gasteiger partial charge in [0.05, 0.1) is 24.6 Å². The number of hydrogen-bond donors (Lipinski definition) is 6. The number of para-hydroxylation sites is 1. The largest absolute Gasteiger partial charge is 0.504 e. The van der Waals surface area contributed by atoms with Crippen molar-refractivity contribution in [1.82, 2.24) is 26.3 Å². The van der Waals surface area contributed by atoms with E-state index in [-0.39, 0.29) is 60.2 Å². The van der Waals surface area contributed by atoms with Crippen LogP contribution in [0.4, 0.5) is 17.6 Å². The highest BCUT2D eigenvalue weighted by molar-refractivity contribution is 5.99. The molecule has 15 heteroatoms. The number of halogens is 4. The van der Waals surface area contributed by atoms with Gasteiger partial charge in [-0.1, -0.05) is 76.9 Å². The molecule has 5 atom stereocenters. The molecule has 306 valence electrons. The summed E-state index contributed by atoms with van der Waals surface area (Å²) in [4.78, 5) is 59.1. The van der Waals surface area contributed by atoms with Crippen LogP contribution in [0.2, 0.25) is 0 Å². The fourth-order valence-corrected chi connectivity index (χ4v) is 7.25. The summed E-state index contributed by atoms with van der Waals surface area (Å²) < 4.78 is 61.8. The summed E-state index contributed by atoms with van der Waals surface area (Å²) >= 11 is 0. The highest BCUT2D eigenvalue weighted by Gasteiger charge is 2.47. The standard InChI is InChI=1S/C42H49F4N5O6/c1-6-23(3)35(38(54)47-22-25-15-16-33(57-5)32(52)19-25)50-40(56)41(18-17-31-28(21-41)27-12-10-13-29(37(27)48-31)42(44,45)46)51-39(55)36(24(4)7-2)49-34(53)20-26-11-8-9-14-30(26)43/h8-16,19,23-24,35-36,48,52H,6-7,17-18,20-22H2,1-5H3,(H,47,54)(H,49,53)(H,50,56)(H,51,55)/t23-,24?,35?,36-,41+/m0/s1. The number of aromatic nitrogens is 1. The molecule has 1 aromatic heterocycles. The molecule has 0 bridgehead atoms. The van der Waals surface area contributed by atoms with Crippen LogP contribution in [0.15, 0.2) is 60.7 Å². The third-order valence-corrected chi connectivity index (χ3v) is 11.0. The molecule has 4 aromatic rings. The molecule has 0 saturated heterocycles. The van der Waals surface area contributed by atoms with Crippen molar-refractivity contribution in [2.24, 2.45) is 11.8 Å². The van der Waals surface area contributed by atoms with Gasteiger partial charge in [0.1, 0.15) is 23.4 Å². The number of carbonyl (C=O) groups excluding carboxylic acids is 4. The number of phenols is 1. The van der Waals surface area contributed by atoms with E-state index in [1.807, 2.05) is 13.8 Å². The molecular formula is C42H49F4N5O6. The van der Waals surface area contributed by atoms with Crippen LogP contribution in [-0.4, -0.2) is 58.5 Å². The third-order valence-electron chi connectivity index (χ3n) is 11.0. The lowest BCUT2D eigenvalue weighted by atomic mass is 9.78. The van der Waals surface area contributed by atoms with Crippen LogP contribution >= 0.6 is 0 Å². The smallest absolute Gasteiger partial charge is 0.418 e. The monoisotopic (exact) mass is 795 g/mol. The Hall–Kier alpha value is -5.60. The number of amides is 4. The Balaban J connectivity index is 1.48. The van der Waals surface area contributed by atoms with E-state index in [0.717, 1.165) is 6.07 Å². The number of phenolic OH excluding ortho intramolecular Hbond substituents is 1. The molecule has 0 spiro atoms. The molecule has 0 radical (unpaired) electrons. The topological polar surface area (TPSA) is 162 Å². The fraction of sp³-hybridized carbons (Fsp3) is 0.429. The maximum Gasteiger partial charge on any atom is 0.418 e. The number of H-pyrrole nitrogens is 1. The van der Waals surface area contributed by atoms with Gasteiger partial charge in [-0.2, -0.15) is 13.2 Å². The molecule has 0 fully saturated rings. The Labute approximate surface area is 328 Å². The van der Waals surface area contributed by atoms with Crippen LogP contribution in [0.3, 0.4) is 0 Å². The van der Waals surface area contributed by atoms with Crippen molar-refractivity contribution >= 4 is 34.5 Å². The first-order valence-corrected chi connectivity index (χ1v) is 19.0. The number of aryl methyl sites for hydroxylation is 1. The molecule has 0 aliphatic heterocycles. The summed E-state index contributed by atoms with van der Waals surface area (Å²) in [7, 11) is 1.41. The molecule has 11 nitrogen and oxygen atoms in total. The molecule has 2 unspecified atom stereocenters. The van der Waals surface area contributed by atoms with Gasteiger partial charge >= 0.3 is 6.18 Å². The first-order chi connectivity index (χ1) is 27.0. The van der Waals surface area contributed by atoms with Gasteiger partial charge in [-0.3, -0.25) is 19.2 Å². The summed E-state index contributed by atoms with van der Waals surface area (Å²) in [5.41, 5.74) is -1.21. The number of benzene rings is 3. The van der Waals surface area contributed by atoms with Gasteiger partial charge in [0.15, 0.2) is 11.5 Å². The summed E-state index contributed by atoms with van der Waals surface area (Å²) in [6.07, 6.45) is -4.31. The quantitative estimate of drug-likeness (QED) is 0.0809. The molecular weight excluding hydrogens is 746 g/mol. The summed E-state index contributed by atoms with van der Waals surface area (Å²) in [6, 6.07) is 11.9. The van der Waals surface area contributed by atoms with E-state index in [2.05, 4.69) is 26.3 Å². The number of nitrogens with one attached hydrogen (secondary N) is 5. The average molecular weight is 796 g/mol. The van der Waals surface area contributed by atoms with Crippen molar-refractivity contribution in [1.29, 1.82) is 0 Å². The number of aromatic amines is 1. The van der Waals surface area contributed by atoms with E-state index in [1.165, 1.54) is 43.5 Å². The zero-order valence-corrected chi connectivity index (χ0v) is 32.5. The highest BCUT2D eigenvalue weighted by Crippen LogP contribution is 2.40. The molecule has 1 aliphatic carbocycles. The normalized spacial score (nSPS) is 17.4. The van der Waals surface area contributed by atoms with Crippen LogP contribution in [0, 0.1) is 17.7 Å². The summed E-state index contributed by atoms with van der Waals surface area (Å²) in [5.74, 6) is -3.92. The number of alkyl halides is 3. The molecule has 1 aliphatic rings. The minimum atomic E-state index is -4.67. The van der Waals surface area contributed by atoms with E-state index in [1.54, 1.807) is 32.0 Å². The number of fused-ring (bicyclic) bond motifs is 3. The van der Waals surface area contributed by atoms with Crippen molar-refractivity contribution in [3.63, 3.8) is 0 Å². The molecule has 57 heavy (non-hydrogen) atoms. The number of aromatic hydroxyl groups is 1. The molecule has 0 saturated carbocycles. The van der Waals surface area contributed by atoms with Gasteiger partial charge in [0, 0.05) is 24.0 Å². The van der Waals surface area contributed by atoms with E-state index >= 15 is 0 Å². The highest BCUT2D eigenvalue weighted by atomic mass is 19.4. The Morgan fingerprint density at radius 2 is 1.61 bits per heavy atom. The lowest BCUT2D eigenvalue weighted by Gasteiger charge is -2.39. The average Bonchev–Trinajstić information content (AvgIpc) is 3.55. The first kappa shape index (κ1) is 42.5. The zero-order chi connectivity index (χ0) is 41.7. The Bertz CT molecular complexity index is 2120. The zero-order valence-electron chi connectivity index (χ0n) is 32.5. The van der Waals surface area contributed by atoms with E-state index < -0.39 is 70.6 Å². The number of ether oxygens (including phenoxy) is 1. The van der Waals surface area contributed by atoms with Crippen LogP contribution in [-0.2, 0) is 51.2 Å². The predicted octanol–water partition coefficient (Wildman–Crippen LogP) is 6.00. The van der Waals surface area contributed by atoms with Gasteiger partial charge in [-0.25, -0.2) is 4.39 Å². The van der Waals surface area contributed by atoms with Gasteiger partial charge in [-0.05, 0) is 65.6 Å². The lowest BCUT2D eigenvalue weighted by Crippen LogP contribution is -2.67. The second kappa shape index (κ2) is 17.7. The van der Waals surface area contributed by atoms with Crippen molar-refractivity contribution < 1.29 is 46.6 Å². The molecule has 6 N–H and O–H groups in total. The van der Waals surface area contributed by atoms with Crippen LogP contribution in [0.25, 0.3) is 10.9 Å². The number of carbonyl (C=O) groups is 4. The number of hydrogen-bond acceptors (Lipinski definition) is 6. The molecule has 5 rings (SSSR count). The third kappa shape index (κ3) is 9.51. The van der Waals surface area contributed by atoms with Crippen molar-refractivity contribution in [3.05, 3.63) is 94.4 Å². The van der Waals surface area contributed by atoms with Gasteiger partial charge in [0.2, 0.25) is 23.6 Å².